The maximum absolute atomic E-state index is 13.3. The summed E-state index contributed by atoms with van der Waals surface area (Å²) >= 11 is 0. The molecule has 2 atom stereocenters. The number of halogens is 3. The lowest BCUT2D eigenvalue weighted by Gasteiger charge is -2.34. The molecule has 3 heterocycles. The molecule has 27 heavy (non-hydrogen) atoms. The van der Waals surface area contributed by atoms with Crippen LogP contribution in [-0.4, -0.2) is 29.0 Å². The van der Waals surface area contributed by atoms with Gasteiger partial charge < -0.3 is 10.2 Å². The van der Waals surface area contributed by atoms with Gasteiger partial charge in [-0.15, -0.1) is 0 Å². The fourth-order valence-corrected chi connectivity index (χ4v) is 3.29. The van der Waals surface area contributed by atoms with Crippen molar-refractivity contribution < 1.29 is 18.0 Å². The maximum atomic E-state index is 13.3. The van der Waals surface area contributed by atoms with Crippen LogP contribution in [0.1, 0.15) is 37.1 Å². The average molecular weight is 378 g/mol. The van der Waals surface area contributed by atoms with Gasteiger partial charge in [0.15, 0.2) is 0 Å². The molecule has 0 bridgehead atoms. The van der Waals surface area contributed by atoms with Crippen LogP contribution < -0.4 is 10.2 Å². The number of nitrogens with zero attached hydrogens (tertiary/aromatic N) is 3. The molecular weight excluding hydrogens is 357 g/mol. The molecule has 0 aromatic carbocycles. The Kier molecular flexibility index (Phi) is 5.62. The van der Waals surface area contributed by atoms with Crippen LogP contribution >= 0.6 is 0 Å². The number of aromatic nitrogens is 2. The fraction of sp³-hybridized carbons (Fsp3) is 0.421. The Labute approximate surface area is 155 Å². The largest absolute Gasteiger partial charge is 0.419 e. The first-order valence-corrected chi connectivity index (χ1v) is 8.84. The van der Waals surface area contributed by atoms with E-state index >= 15 is 0 Å². The first-order valence-electron chi connectivity index (χ1n) is 8.84. The molecule has 5 nitrogen and oxygen atoms in total. The Hall–Kier alpha value is -2.64. The van der Waals surface area contributed by atoms with E-state index in [1.807, 2.05) is 19.1 Å². The van der Waals surface area contributed by atoms with E-state index in [-0.39, 0.29) is 24.3 Å². The number of hydrogen-bond donors (Lipinski definition) is 1. The van der Waals surface area contributed by atoms with Crippen molar-refractivity contribution in [2.75, 3.05) is 18.0 Å². The summed E-state index contributed by atoms with van der Waals surface area (Å²) in [7, 11) is 0. The zero-order valence-electron chi connectivity index (χ0n) is 14.9. The minimum Gasteiger partial charge on any atom is -0.355 e. The van der Waals surface area contributed by atoms with Crippen LogP contribution in [0.15, 0.2) is 42.7 Å². The summed E-state index contributed by atoms with van der Waals surface area (Å²) in [6, 6.07) is 7.48. The summed E-state index contributed by atoms with van der Waals surface area (Å²) in [6.45, 7) is 2.49. The number of hydrogen-bond acceptors (Lipinski definition) is 4. The molecule has 1 amide bonds. The van der Waals surface area contributed by atoms with E-state index in [4.69, 9.17) is 0 Å². The van der Waals surface area contributed by atoms with E-state index < -0.39 is 17.7 Å². The Morgan fingerprint density at radius 3 is 2.70 bits per heavy atom. The average Bonchev–Trinajstić information content (AvgIpc) is 2.68. The molecule has 144 valence electrons. The third kappa shape index (κ3) is 4.56. The number of pyridine rings is 2. The maximum Gasteiger partial charge on any atom is 0.419 e. The first kappa shape index (κ1) is 19.1. The number of nitrogens with one attached hydrogen (secondary N) is 1. The summed E-state index contributed by atoms with van der Waals surface area (Å²) in [4.78, 5) is 22.3. The molecule has 1 fully saturated rings. The van der Waals surface area contributed by atoms with Gasteiger partial charge in [0.25, 0.3) is 0 Å². The highest BCUT2D eigenvalue weighted by Gasteiger charge is 2.37. The van der Waals surface area contributed by atoms with Gasteiger partial charge in [-0.1, -0.05) is 6.07 Å². The standard InChI is InChI=1S/C19H21F3N4O/c1-13(16-8-2-3-9-23-16)25-18(27)14-6-5-11-26(12-14)17-15(19(20,21)22)7-4-10-24-17/h2-4,7-10,13-14H,5-6,11-12H2,1H3,(H,25,27). The molecule has 1 aliphatic rings. The zero-order chi connectivity index (χ0) is 19.4. The molecule has 1 N–H and O–H groups in total. The van der Waals surface area contributed by atoms with Crippen molar-refractivity contribution in [2.45, 2.75) is 32.0 Å². The number of piperidine rings is 1. The number of amides is 1. The summed E-state index contributed by atoms with van der Waals surface area (Å²) in [5, 5.41) is 2.91. The van der Waals surface area contributed by atoms with Gasteiger partial charge >= 0.3 is 6.18 Å². The van der Waals surface area contributed by atoms with E-state index in [9.17, 15) is 18.0 Å². The van der Waals surface area contributed by atoms with Gasteiger partial charge in [-0.25, -0.2) is 4.98 Å². The Morgan fingerprint density at radius 1 is 1.22 bits per heavy atom. The van der Waals surface area contributed by atoms with Gasteiger partial charge in [0, 0.05) is 25.5 Å². The molecule has 2 unspecified atom stereocenters. The monoisotopic (exact) mass is 378 g/mol. The van der Waals surface area contributed by atoms with Gasteiger partial charge in [0.05, 0.1) is 23.2 Å². The van der Waals surface area contributed by atoms with Crippen molar-refractivity contribution in [1.29, 1.82) is 0 Å². The van der Waals surface area contributed by atoms with Crippen LogP contribution in [0.4, 0.5) is 19.0 Å². The first-order chi connectivity index (χ1) is 12.9. The van der Waals surface area contributed by atoms with Crippen LogP contribution in [-0.2, 0) is 11.0 Å². The Bertz CT molecular complexity index is 782. The Balaban J connectivity index is 1.71. The van der Waals surface area contributed by atoms with Gasteiger partial charge in [0.1, 0.15) is 5.82 Å². The lowest BCUT2D eigenvalue weighted by molar-refractivity contribution is -0.137. The van der Waals surface area contributed by atoms with Gasteiger partial charge in [0.2, 0.25) is 5.91 Å². The molecule has 2 aromatic heterocycles. The van der Waals surface area contributed by atoms with E-state index in [1.54, 1.807) is 17.2 Å². The summed E-state index contributed by atoms with van der Waals surface area (Å²) in [5.74, 6) is -0.685. The van der Waals surface area contributed by atoms with Crippen molar-refractivity contribution in [1.82, 2.24) is 15.3 Å². The van der Waals surface area contributed by atoms with Gasteiger partial charge in [-0.05, 0) is 44.0 Å². The number of anilines is 1. The quantitative estimate of drug-likeness (QED) is 0.883. The van der Waals surface area contributed by atoms with Crippen molar-refractivity contribution in [3.63, 3.8) is 0 Å². The lowest BCUT2D eigenvalue weighted by atomic mass is 9.96. The molecule has 0 saturated carbocycles. The van der Waals surface area contributed by atoms with Crippen LogP contribution in [0.25, 0.3) is 0 Å². The SMILES string of the molecule is CC(NC(=O)C1CCCN(c2ncccc2C(F)(F)F)C1)c1ccccn1. The number of carbonyl (C=O) groups excluding carboxylic acids is 1. The predicted octanol–water partition coefficient (Wildman–Crippen LogP) is 3.59. The highest BCUT2D eigenvalue weighted by Crippen LogP contribution is 2.36. The molecule has 1 saturated heterocycles. The normalized spacial score (nSPS) is 18.8. The smallest absolute Gasteiger partial charge is 0.355 e. The van der Waals surface area contributed by atoms with Gasteiger partial charge in [-0.3, -0.25) is 9.78 Å². The van der Waals surface area contributed by atoms with Crippen LogP contribution in [0, 0.1) is 5.92 Å². The molecular formula is C19H21F3N4O. The van der Waals surface area contributed by atoms with Gasteiger partial charge in [-0.2, -0.15) is 13.2 Å². The summed E-state index contributed by atoms with van der Waals surface area (Å²) < 4.78 is 39.8. The van der Waals surface area contributed by atoms with Crippen molar-refractivity contribution in [3.05, 3.63) is 54.0 Å². The highest BCUT2D eigenvalue weighted by molar-refractivity contribution is 5.80. The van der Waals surface area contributed by atoms with E-state index in [0.717, 1.165) is 11.8 Å². The third-order valence-electron chi connectivity index (χ3n) is 4.67. The lowest BCUT2D eigenvalue weighted by Crippen LogP contribution is -2.44. The third-order valence-corrected chi connectivity index (χ3v) is 4.67. The molecule has 0 spiro atoms. The zero-order valence-corrected chi connectivity index (χ0v) is 14.9. The van der Waals surface area contributed by atoms with Crippen LogP contribution in [0.5, 0.6) is 0 Å². The fourth-order valence-electron chi connectivity index (χ4n) is 3.29. The van der Waals surface area contributed by atoms with Crippen LogP contribution in [0.3, 0.4) is 0 Å². The molecule has 0 aliphatic carbocycles. The molecule has 2 aromatic rings. The highest BCUT2D eigenvalue weighted by atomic mass is 19.4. The summed E-state index contributed by atoms with van der Waals surface area (Å²) in [6.07, 6.45) is -0.223. The Morgan fingerprint density at radius 2 is 2.00 bits per heavy atom. The second-order valence-electron chi connectivity index (χ2n) is 6.64. The van der Waals surface area contributed by atoms with E-state index in [2.05, 4.69) is 15.3 Å². The molecule has 3 rings (SSSR count). The van der Waals surface area contributed by atoms with E-state index in [0.29, 0.717) is 19.4 Å². The van der Waals surface area contributed by atoms with Crippen molar-refractivity contribution in [2.24, 2.45) is 5.92 Å². The second kappa shape index (κ2) is 7.94. The van der Waals surface area contributed by atoms with Crippen LogP contribution in [0.2, 0.25) is 0 Å². The molecule has 1 aliphatic heterocycles. The second-order valence-corrected chi connectivity index (χ2v) is 6.64. The number of rotatable bonds is 4. The predicted molar refractivity (Wildman–Crippen MR) is 95.0 cm³/mol. The van der Waals surface area contributed by atoms with E-state index in [1.165, 1.54) is 12.3 Å². The molecule has 8 heteroatoms. The number of alkyl halides is 3. The minimum atomic E-state index is -4.48. The van der Waals surface area contributed by atoms with Crippen molar-refractivity contribution in [3.8, 4) is 0 Å². The van der Waals surface area contributed by atoms with Crippen molar-refractivity contribution >= 4 is 11.7 Å². The number of carbonyl (C=O) groups is 1. The minimum absolute atomic E-state index is 0.111. The summed E-state index contributed by atoms with van der Waals surface area (Å²) in [5.41, 5.74) is -0.0319. The molecule has 0 radical (unpaired) electrons. The topological polar surface area (TPSA) is 58.1 Å².